The molecule has 0 bridgehead atoms. The standard InChI is InChI=1S/C13H16ClN3O2S/c1-3-19-10-6-9(13(10)18-2)15-11-7(14)4-5-8-12(11)17-20-16-8/h4-5,9-10,13,15H,3,6H2,1-2H3. The molecule has 1 aliphatic carbocycles. The zero-order valence-corrected chi connectivity index (χ0v) is 12.9. The number of ether oxygens (including phenoxy) is 2. The van der Waals surface area contributed by atoms with Gasteiger partial charge in [0, 0.05) is 13.7 Å². The minimum Gasteiger partial charge on any atom is -0.377 e. The van der Waals surface area contributed by atoms with Crippen LogP contribution in [0.1, 0.15) is 13.3 Å². The van der Waals surface area contributed by atoms with Crippen molar-refractivity contribution in [3.05, 3.63) is 17.2 Å². The van der Waals surface area contributed by atoms with Crippen molar-refractivity contribution in [3.63, 3.8) is 0 Å². The number of hydrogen-bond donors (Lipinski definition) is 1. The summed E-state index contributed by atoms with van der Waals surface area (Å²) in [6.07, 6.45) is 1.08. The lowest BCUT2D eigenvalue weighted by Gasteiger charge is -2.43. The monoisotopic (exact) mass is 313 g/mol. The Labute approximate surface area is 126 Å². The summed E-state index contributed by atoms with van der Waals surface area (Å²) < 4.78 is 19.7. The highest BCUT2D eigenvalue weighted by Gasteiger charge is 2.42. The first kappa shape index (κ1) is 14.0. The molecule has 1 N–H and O–H groups in total. The molecular weight excluding hydrogens is 298 g/mol. The van der Waals surface area contributed by atoms with E-state index in [4.69, 9.17) is 21.1 Å². The first-order valence-electron chi connectivity index (χ1n) is 6.56. The third-order valence-corrected chi connectivity index (χ3v) is 4.47. The molecule has 108 valence electrons. The average Bonchev–Trinajstić information content (AvgIpc) is 2.88. The summed E-state index contributed by atoms with van der Waals surface area (Å²) in [6, 6.07) is 3.90. The summed E-state index contributed by atoms with van der Waals surface area (Å²) >= 11 is 7.47. The third kappa shape index (κ3) is 2.37. The molecule has 3 unspecified atom stereocenters. The van der Waals surface area contributed by atoms with Crippen molar-refractivity contribution in [2.24, 2.45) is 0 Å². The van der Waals surface area contributed by atoms with Gasteiger partial charge >= 0.3 is 0 Å². The van der Waals surface area contributed by atoms with Gasteiger partial charge in [0.25, 0.3) is 0 Å². The highest BCUT2D eigenvalue weighted by atomic mass is 35.5. The largest absolute Gasteiger partial charge is 0.377 e. The van der Waals surface area contributed by atoms with Crippen LogP contribution in [-0.2, 0) is 9.47 Å². The van der Waals surface area contributed by atoms with E-state index in [9.17, 15) is 0 Å². The van der Waals surface area contributed by atoms with Crippen molar-refractivity contribution in [1.29, 1.82) is 0 Å². The Bertz CT molecular complexity index is 606. The highest BCUT2D eigenvalue weighted by Crippen LogP contribution is 2.35. The molecule has 0 spiro atoms. The van der Waals surface area contributed by atoms with Crippen LogP contribution in [0, 0.1) is 0 Å². The van der Waals surface area contributed by atoms with Crippen molar-refractivity contribution in [3.8, 4) is 0 Å². The van der Waals surface area contributed by atoms with Gasteiger partial charge in [-0.1, -0.05) is 11.6 Å². The summed E-state index contributed by atoms with van der Waals surface area (Å²) in [6.45, 7) is 2.69. The van der Waals surface area contributed by atoms with E-state index < -0.39 is 0 Å². The second-order valence-corrected chi connectivity index (χ2v) is 5.67. The van der Waals surface area contributed by atoms with Gasteiger partial charge in [-0.15, -0.1) is 0 Å². The summed E-state index contributed by atoms with van der Waals surface area (Å²) in [4.78, 5) is 0. The van der Waals surface area contributed by atoms with Crippen LogP contribution in [0.2, 0.25) is 5.02 Å². The normalized spacial score (nSPS) is 25.6. The maximum Gasteiger partial charge on any atom is 0.129 e. The molecule has 0 aliphatic heterocycles. The second-order valence-electron chi connectivity index (χ2n) is 4.73. The van der Waals surface area contributed by atoms with Crippen LogP contribution in [0.5, 0.6) is 0 Å². The van der Waals surface area contributed by atoms with Crippen LogP contribution in [0.15, 0.2) is 12.1 Å². The lowest BCUT2D eigenvalue weighted by molar-refractivity contribution is -0.117. The van der Waals surface area contributed by atoms with Gasteiger partial charge in [0.15, 0.2) is 0 Å². The van der Waals surface area contributed by atoms with Gasteiger partial charge in [-0.2, -0.15) is 8.75 Å². The van der Waals surface area contributed by atoms with Crippen molar-refractivity contribution in [2.45, 2.75) is 31.6 Å². The first-order chi connectivity index (χ1) is 9.74. The maximum atomic E-state index is 6.28. The number of hydrogen-bond acceptors (Lipinski definition) is 6. The minimum absolute atomic E-state index is 0.0351. The van der Waals surface area contributed by atoms with Crippen LogP contribution < -0.4 is 5.32 Å². The van der Waals surface area contributed by atoms with E-state index in [1.54, 1.807) is 7.11 Å². The number of methoxy groups -OCH3 is 1. The maximum absolute atomic E-state index is 6.28. The summed E-state index contributed by atoms with van der Waals surface area (Å²) in [5.74, 6) is 0. The van der Waals surface area contributed by atoms with E-state index in [1.807, 2.05) is 19.1 Å². The van der Waals surface area contributed by atoms with E-state index in [0.29, 0.717) is 11.6 Å². The molecule has 1 fully saturated rings. The average molecular weight is 314 g/mol. The first-order valence-corrected chi connectivity index (χ1v) is 7.67. The van der Waals surface area contributed by atoms with Crippen LogP contribution in [0.3, 0.4) is 0 Å². The number of halogens is 1. The van der Waals surface area contributed by atoms with Gasteiger partial charge in [0.1, 0.15) is 17.1 Å². The zero-order chi connectivity index (χ0) is 14.1. The molecule has 1 heterocycles. The number of nitrogens with zero attached hydrogens (tertiary/aromatic N) is 2. The smallest absolute Gasteiger partial charge is 0.129 e. The van der Waals surface area contributed by atoms with Gasteiger partial charge < -0.3 is 14.8 Å². The molecule has 3 rings (SSSR count). The number of fused-ring (bicyclic) bond motifs is 1. The molecule has 20 heavy (non-hydrogen) atoms. The number of nitrogens with one attached hydrogen (secondary N) is 1. The van der Waals surface area contributed by atoms with Gasteiger partial charge in [0.05, 0.1) is 34.6 Å². The zero-order valence-electron chi connectivity index (χ0n) is 11.3. The summed E-state index contributed by atoms with van der Waals surface area (Å²) in [7, 11) is 1.71. The fourth-order valence-corrected chi connectivity index (χ4v) is 3.32. The summed E-state index contributed by atoms with van der Waals surface area (Å²) in [5.41, 5.74) is 2.51. The van der Waals surface area contributed by atoms with Crippen molar-refractivity contribution < 1.29 is 9.47 Å². The predicted octanol–water partition coefficient (Wildman–Crippen LogP) is 2.95. The van der Waals surface area contributed by atoms with Crippen LogP contribution in [0.25, 0.3) is 11.0 Å². The van der Waals surface area contributed by atoms with Crippen molar-refractivity contribution in [1.82, 2.24) is 8.75 Å². The molecule has 1 saturated carbocycles. The Morgan fingerprint density at radius 3 is 3.05 bits per heavy atom. The second kappa shape index (κ2) is 5.81. The molecular formula is C13H16ClN3O2S. The number of rotatable bonds is 5. The van der Waals surface area contributed by atoms with E-state index in [2.05, 4.69) is 14.1 Å². The Morgan fingerprint density at radius 2 is 2.30 bits per heavy atom. The highest BCUT2D eigenvalue weighted by molar-refractivity contribution is 7.00. The topological polar surface area (TPSA) is 56.3 Å². The Hall–Kier alpha value is -0.950. The molecule has 0 radical (unpaired) electrons. The fourth-order valence-electron chi connectivity index (χ4n) is 2.57. The predicted molar refractivity (Wildman–Crippen MR) is 80.7 cm³/mol. The molecule has 1 aromatic carbocycles. The SMILES string of the molecule is CCOC1CC(Nc2c(Cl)ccc3nsnc23)C1OC. The van der Waals surface area contributed by atoms with Gasteiger partial charge in [0.2, 0.25) is 0 Å². The molecule has 1 aliphatic rings. The molecule has 0 amide bonds. The number of aromatic nitrogens is 2. The molecule has 3 atom stereocenters. The van der Waals surface area contributed by atoms with Crippen LogP contribution >= 0.6 is 23.3 Å². The van der Waals surface area contributed by atoms with Crippen molar-refractivity contribution in [2.75, 3.05) is 19.0 Å². The molecule has 1 aromatic heterocycles. The van der Waals surface area contributed by atoms with E-state index in [1.165, 1.54) is 11.7 Å². The Kier molecular flexibility index (Phi) is 4.07. The molecule has 7 heteroatoms. The van der Waals surface area contributed by atoms with Crippen LogP contribution in [-0.4, -0.2) is 40.7 Å². The summed E-state index contributed by atoms with van der Waals surface area (Å²) in [5, 5.41) is 4.09. The van der Waals surface area contributed by atoms with E-state index >= 15 is 0 Å². The number of benzene rings is 1. The van der Waals surface area contributed by atoms with Gasteiger partial charge in [-0.25, -0.2) is 0 Å². The van der Waals surface area contributed by atoms with E-state index in [0.717, 1.165) is 23.1 Å². The number of anilines is 1. The van der Waals surface area contributed by atoms with Gasteiger partial charge in [-0.3, -0.25) is 0 Å². The lowest BCUT2D eigenvalue weighted by Crippen LogP contribution is -2.56. The van der Waals surface area contributed by atoms with Crippen molar-refractivity contribution >= 4 is 40.0 Å². The quantitative estimate of drug-likeness (QED) is 0.919. The third-order valence-electron chi connectivity index (χ3n) is 3.61. The van der Waals surface area contributed by atoms with Gasteiger partial charge in [-0.05, 0) is 25.5 Å². The Balaban J connectivity index is 1.80. The van der Waals surface area contributed by atoms with Crippen LogP contribution in [0.4, 0.5) is 5.69 Å². The van der Waals surface area contributed by atoms with E-state index in [-0.39, 0.29) is 18.2 Å². The fraction of sp³-hybridized carbons (Fsp3) is 0.538. The Morgan fingerprint density at radius 1 is 1.45 bits per heavy atom. The lowest BCUT2D eigenvalue weighted by atomic mass is 9.85. The molecule has 5 nitrogen and oxygen atoms in total. The molecule has 0 saturated heterocycles. The minimum atomic E-state index is 0.0351. The molecule has 2 aromatic rings.